The topological polar surface area (TPSA) is 40.6 Å². The third-order valence-corrected chi connectivity index (χ3v) is 6.34. The molecule has 1 aromatic rings. The SMILES string of the molecule is O=C(C=Cc1ccc(SC(F)(F)F)cc1)N1CCC(C(=O)N2CCCCCC2)CC1. The fraction of sp³-hybridized carbons (Fsp3) is 0.545. The van der Waals surface area contributed by atoms with E-state index in [4.69, 9.17) is 0 Å². The first kappa shape index (κ1) is 22.7. The third kappa shape index (κ3) is 6.79. The van der Waals surface area contributed by atoms with E-state index in [1.54, 1.807) is 23.1 Å². The second kappa shape index (κ2) is 10.4. The summed E-state index contributed by atoms with van der Waals surface area (Å²) < 4.78 is 37.1. The molecule has 0 bridgehead atoms. The van der Waals surface area contributed by atoms with E-state index < -0.39 is 5.51 Å². The Morgan fingerprint density at radius 2 is 1.50 bits per heavy atom. The van der Waals surface area contributed by atoms with Gasteiger partial charge in [0.25, 0.3) is 0 Å². The summed E-state index contributed by atoms with van der Waals surface area (Å²) in [5, 5.41) is 0. The van der Waals surface area contributed by atoms with Crippen molar-refractivity contribution in [1.29, 1.82) is 0 Å². The molecule has 3 rings (SSSR count). The van der Waals surface area contributed by atoms with Crippen LogP contribution in [0.4, 0.5) is 13.2 Å². The van der Waals surface area contributed by atoms with Gasteiger partial charge in [-0.1, -0.05) is 25.0 Å². The average molecular weight is 441 g/mol. The van der Waals surface area contributed by atoms with Gasteiger partial charge in [-0.2, -0.15) is 13.2 Å². The number of likely N-dealkylation sites (tertiary alicyclic amines) is 2. The van der Waals surface area contributed by atoms with Crippen molar-refractivity contribution in [1.82, 2.24) is 9.80 Å². The highest BCUT2D eigenvalue weighted by Gasteiger charge is 2.30. The van der Waals surface area contributed by atoms with Gasteiger partial charge in [-0.15, -0.1) is 0 Å². The van der Waals surface area contributed by atoms with Crippen molar-refractivity contribution in [2.24, 2.45) is 5.92 Å². The summed E-state index contributed by atoms with van der Waals surface area (Å²) in [5.74, 6) is 0.0931. The smallest absolute Gasteiger partial charge is 0.342 e. The van der Waals surface area contributed by atoms with E-state index in [1.807, 2.05) is 4.90 Å². The van der Waals surface area contributed by atoms with Crippen LogP contribution in [-0.2, 0) is 9.59 Å². The minimum atomic E-state index is -4.31. The number of rotatable bonds is 4. The zero-order valence-corrected chi connectivity index (χ0v) is 17.7. The molecule has 0 unspecified atom stereocenters. The number of amides is 2. The molecule has 0 saturated carbocycles. The Bertz CT molecular complexity index is 749. The van der Waals surface area contributed by atoms with Crippen molar-refractivity contribution in [3.05, 3.63) is 35.9 Å². The zero-order valence-electron chi connectivity index (χ0n) is 16.9. The highest BCUT2D eigenvalue weighted by atomic mass is 32.2. The van der Waals surface area contributed by atoms with E-state index in [2.05, 4.69) is 0 Å². The van der Waals surface area contributed by atoms with E-state index in [1.165, 1.54) is 31.1 Å². The van der Waals surface area contributed by atoms with Crippen molar-refractivity contribution in [3.8, 4) is 0 Å². The molecule has 0 spiro atoms. The molecular weight excluding hydrogens is 413 g/mol. The number of hydrogen-bond acceptors (Lipinski definition) is 3. The molecule has 0 atom stereocenters. The van der Waals surface area contributed by atoms with E-state index in [0.29, 0.717) is 31.5 Å². The van der Waals surface area contributed by atoms with Crippen LogP contribution < -0.4 is 0 Å². The van der Waals surface area contributed by atoms with Crippen LogP contribution in [0.25, 0.3) is 6.08 Å². The number of halogens is 3. The molecule has 2 amide bonds. The van der Waals surface area contributed by atoms with Gasteiger partial charge in [0.15, 0.2) is 0 Å². The lowest BCUT2D eigenvalue weighted by atomic mass is 9.95. The summed E-state index contributed by atoms with van der Waals surface area (Å²) in [5.41, 5.74) is -3.64. The molecule has 0 aromatic heterocycles. The number of carbonyl (C=O) groups excluding carboxylic acids is 2. The third-order valence-electron chi connectivity index (χ3n) is 5.61. The molecule has 0 N–H and O–H groups in total. The van der Waals surface area contributed by atoms with Crippen molar-refractivity contribution < 1.29 is 22.8 Å². The second-order valence-corrected chi connectivity index (χ2v) is 8.93. The van der Waals surface area contributed by atoms with Crippen LogP contribution in [-0.4, -0.2) is 53.3 Å². The largest absolute Gasteiger partial charge is 0.446 e. The summed E-state index contributed by atoms with van der Waals surface area (Å²) in [6, 6.07) is 5.90. The van der Waals surface area contributed by atoms with Crippen molar-refractivity contribution in [2.75, 3.05) is 26.2 Å². The highest BCUT2D eigenvalue weighted by molar-refractivity contribution is 8.00. The van der Waals surface area contributed by atoms with E-state index in [-0.39, 0.29) is 34.4 Å². The number of hydrogen-bond donors (Lipinski definition) is 0. The van der Waals surface area contributed by atoms with E-state index >= 15 is 0 Å². The lowest BCUT2D eigenvalue weighted by Gasteiger charge is -2.33. The molecule has 0 aliphatic carbocycles. The molecule has 30 heavy (non-hydrogen) atoms. The van der Waals surface area contributed by atoms with Crippen LogP contribution in [0.5, 0.6) is 0 Å². The molecule has 2 aliphatic heterocycles. The number of alkyl halides is 3. The Labute approximate surface area is 179 Å². The van der Waals surface area contributed by atoms with Gasteiger partial charge in [-0.05, 0) is 61.2 Å². The van der Waals surface area contributed by atoms with Crippen LogP contribution in [0.1, 0.15) is 44.1 Å². The molecule has 2 heterocycles. The molecule has 1 aromatic carbocycles. The molecular formula is C22H27F3N2O2S. The predicted molar refractivity (Wildman–Crippen MR) is 112 cm³/mol. The maximum atomic E-state index is 12.7. The minimum absolute atomic E-state index is 0.00481. The first-order valence-electron chi connectivity index (χ1n) is 10.4. The van der Waals surface area contributed by atoms with Crippen LogP contribution in [0.15, 0.2) is 35.2 Å². The van der Waals surface area contributed by atoms with Gasteiger partial charge >= 0.3 is 5.51 Å². The Hall–Kier alpha value is -1.96. The molecule has 4 nitrogen and oxygen atoms in total. The minimum Gasteiger partial charge on any atom is -0.342 e. The summed E-state index contributed by atoms with van der Waals surface area (Å²) >= 11 is -0.160. The van der Waals surface area contributed by atoms with Crippen LogP contribution in [0.2, 0.25) is 0 Å². The maximum Gasteiger partial charge on any atom is 0.446 e. The summed E-state index contributed by atoms with van der Waals surface area (Å²) in [6.07, 6.45) is 8.94. The first-order chi connectivity index (χ1) is 14.3. The Balaban J connectivity index is 1.47. The maximum absolute atomic E-state index is 12.7. The van der Waals surface area contributed by atoms with Crippen molar-refractivity contribution in [2.45, 2.75) is 48.9 Å². The predicted octanol–water partition coefficient (Wildman–Crippen LogP) is 4.95. The highest BCUT2D eigenvalue weighted by Crippen LogP contribution is 2.36. The zero-order chi connectivity index (χ0) is 21.6. The second-order valence-electron chi connectivity index (χ2n) is 7.79. The van der Waals surface area contributed by atoms with E-state index in [9.17, 15) is 22.8 Å². The lowest BCUT2D eigenvalue weighted by Crippen LogP contribution is -2.44. The normalized spacial score (nSPS) is 19.2. The standard InChI is InChI=1S/C22H27F3N2O2S/c23-22(24,25)30-19-8-5-17(6-9-19)7-10-20(28)26-15-11-18(12-16-26)21(29)27-13-3-1-2-4-14-27/h5-10,18H,1-4,11-16H2. The summed E-state index contributed by atoms with van der Waals surface area (Å²) in [7, 11) is 0. The van der Waals surface area contributed by atoms with Gasteiger partial charge in [0, 0.05) is 43.1 Å². The van der Waals surface area contributed by atoms with Gasteiger partial charge in [-0.25, -0.2) is 0 Å². The fourth-order valence-corrected chi connectivity index (χ4v) is 4.49. The first-order valence-corrected chi connectivity index (χ1v) is 11.2. The van der Waals surface area contributed by atoms with Crippen LogP contribution >= 0.6 is 11.8 Å². The number of nitrogens with zero attached hydrogens (tertiary/aromatic N) is 2. The number of piperidine rings is 1. The number of carbonyl (C=O) groups is 2. The van der Waals surface area contributed by atoms with E-state index in [0.717, 1.165) is 25.9 Å². The number of thioether (sulfide) groups is 1. The van der Waals surface area contributed by atoms with Crippen LogP contribution in [0.3, 0.4) is 0 Å². The fourth-order valence-electron chi connectivity index (χ4n) is 3.95. The Morgan fingerprint density at radius 3 is 2.07 bits per heavy atom. The van der Waals surface area contributed by atoms with Gasteiger partial charge < -0.3 is 9.80 Å². The van der Waals surface area contributed by atoms with Gasteiger partial charge in [-0.3, -0.25) is 9.59 Å². The molecule has 164 valence electrons. The van der Waals surface area contributed by atoms with Crippen molar-refractivity contribution in [3.63, 3.8) is 0 Å². The van der Waals surface area contributed by atoms with Gasteiger partial charge in [0.2, 0.25) is 11.8 Å². The monoisotopic (exact) mass is 440 g/mol. The summed E-state index contributed by atoms with van der Waals surface area (Å²) in [4.78, 5) is 29.0. The number of benzene rings is 1. The molecule has 2 aliphatic rings. The Kier molecular flexibility index (Phi) is 7.86. The van der Waals surface area contributed by atoms with Gasteiger partial charge in [0.05, 0.1) is 0 Å². The molecule has 2 saturated heterocycles. The van der Waals surface area contributed by atoms with Crippen LogP contribution in [0, 0.1) is 5.92 Å². The Morgan fingerprint density at radius 1 is 0.900 bits per heavy atom. The summed E-state index contributed by atoms with van der Waals surface area (Å²) in [6.45, 7) is 2.80. The molecule has 0 radical (unpaired) electrons. The molecule has 8 heteroatoms. The quantitative estimate of drug-likeness (QED) is 0.491. The molecule has 2 fully saturated rings. The van der Waals surface area contributed by atoms with Gasteiger partial charge in [0.1, 0.15) is 0 Å². The lowest BCUT2D eigenvalue weighted by molar-refractivity contribution is -0.139. The van der Waals surface area contributed by atoms with Crippen molar-refractivity contribution >= 4 is 29.7 Å². The average Bonchev–Trinajstić information content (AvgIpc) is 3.01.